The van der Waals surface area contributed by atoms with Crippen LogP contribution >= 0.6 is 15.9 Å². The van der Waals surface area contributed by atoms with Crippen molar-refractivity contribution in [1.29, 1.82) is 0 Å². The normalized spacial score (nSPS) is 12.6. The molecule has 0 aliphatic rings. The summed E-state index contributed by atoms with van der Waals surface area (Å²) in [6.07, 6.45) is -5.17. The lowest BCUT2D eigenvalue weighted by molar-refractivity contribution is 0.107. The van der Waals surface area contributed by atoms with E-state index in [2.05, 4.69) is 20.7 Å². The van der Waals surface area contributed by atoms with Crippen LogP contribution in [0, 0.1) is 5.82 Å². The number of ether oxygens (including phenoxy) is 1. The summed E-state index contributed by atoms with van der Waals surface area (Å²) in [6, 6.07) is 2.51. The third kappa shape index (κ3) is 3.12. The van der Waals surface area contributed by atoms with Crippen molar-refractivity contribution in [2.75, 3.05) is 0 Å². The average Bonchev–Trinajstić information content (AvgIpc) is 2.19. The zero-order chi connectivity index (χ0) is 13.2. The second kappa shape index (κ2) is 5.39. The van der Waals surface area contributed by atoms with Crippen LogP contribution in [0.5, 0.6) is 0 Å². The smallest absolute Gasteiger partial charge is 0.405 e. The van der Waals surface area contributed by atoms with E-state index in [1.807, 2.05) is 0 Å². The molecule has 0 unspecified atom stereocenters. The Bertz CT molecular complexity index is 440. The molecule has 1 atom stereocenters. The summed E-state index contributed by atoms with van der Waals surface area (Å²) in [5, 5.41) is 0. The second-order valence-corrected chi connectivity index (χ2v) is 4.10. The molecule has 1 rings (SSSR count). The first-order chi connectivity index (χ1) is 7.84. The molecule has 3 nitrogen and oxygen atoms in total. The molecule has 0 bridgehead atoms. The Labute approximate surface area is 104 Å². The molecule has 2 N–H and O–H groups in total. The van der Waals surface area contributed by atoms with Crippen LogP contribution < -0.4 is 5.73 Å². The fourth-order valence-corrected chi connectivity index (χ4v) is 1.74. The van der Waals surface area contributed by atoms with Gasteiger partial charge in [0.05, 0.1) is 10.0 Å². The lowest BCUT2D eigenvalue weighted by Gasteiger charge is -2.17. The van der Waals surface area contributed by atoms with Gasteiger partial charge in [0.2, 0.25) is 0 Å². The Balaban J connectivity index is 3.23. The quantitative estimate of drug-likeness (QED) is 0.925. The molecule has 17 heavy (non-hydrogen) atoms. The summed E-state index contributed by atoms with van der Waals surface area (Å²) in [5.74, 6) is -1.07. The summed E-state index contributed by atoms with van der Waals surface area (Å²) in [6.45, 7) is 1.33. The maximum absolute atomic E-state index is 13.5. The van der Waals surface area contributed by atoms with Gasteiger partial charge in [-0.1, -0.05) is 6.07 Å². The molecule has 0 aliphatic carbocycles. The number of hydrogen-bond donors (Lipinski definition) is 1. The Morgan fingerprint density at radius 1 is 1.47 bits per heavy atom. The summed E-state index contributed by atoms with van der Waals surface area (Å²) >= 11 is 2.81. The SMILES string of the molecule is C[C@@H](OC(N)=O)c1ccc(Br)c(F)c1C(F)F. The highest BCUT2D eigenvalue weighted by Gasteiger charge is 2.24. The molecule has 7 heteroatoms. The number of carbonyl (C=O) groups is 1. The van der Waals surface area contributed by atoms with Gasteiger partial charge in [-0.15, -0.1) is 0 Å². The molecule has 0 aliphatic heterocycles. The molecule has 1 amide bonds. The summed E-state index contributed by atoms with van der Waals surface area (Å²) < 4.78 is 43.4. The highest BCUT2D eigenvalue weighted by molar-refractivity contribution is 9.10. The molecule has 0 saturated heterocycles. The number of primary amides is 1. The van der Waals surface area contributed by atoms with Gasteiger partial charge in [0.25, 0.3) is 6.43 Å². The van der Waals surface area contributed by atoms with E-state index < -0.39 is 30.0 Å². The van der Waals surface area contributed by atoms with E-state index in [4.69, 9.17) is 5.73 Å². The molecule has 94 valence electrons. The molecule has 0 fully saturated rings. The molecule has 1 aromatic carbocycles. The highest BCUT2D eigenvalue weighted by atomic mass is 79.9. The summed E-state index contributed by atoms with van der Waals surface area (Å²) in [4.78, 5) is 10.5. The predicted molar refractivity (Wildman–Crippen MR) is 58.1 cm³/mol. The third-order valence-electron chi connectivity index (χ3n) is 2.12. The van der Waals surface area contributed by atoms with Crippen LogP contribution in [0.2, 0.25) is 0 Å². The van der Waals surface area contributed by atoms with Crippen molar-refractivity contribution in [1.82, 2.24) is 0 Å². The Hall–Kier alpha value is -1.24. The lowest BCUT2D eigenvalue weighted by Crippen LogP contribution is -2.17. The van der Waals surface area contributed by atoms with Crippen molar-refractivity contribution in [3.8, 4) is 0 Å². The number of hydrogen-bond acceptors (Lipinski definition) is 2. The molecule has 0 aromatic heterocycles. The van der Waals surface area contributed by atoms with E-state index in [-0.39, 0.29) is 10.0 Å². The van der Waals surface area contributed by atoms with Crippen LogP contribution in [0.1, 0.15) is 30.6 Å². The first-order valence-corrected chi connectivity index (χ1v) is 5.36. The first kappa shape index (κ1) is 13.8. The number of benzene rings is 1. The molecular formula is C10H9BrF3NO2. The summed E-state index contributed by atoms with van der Waals surface area (Å²) in [5.41, 5.74) is 3.86. The molecular weight excluding hydrogens is 303 g/mol. The molecule has 1 aromatic rings. The van der Waals surface area contributed by atoms with E-state index in [9.17, 15) is 18.0 Å². The minimum atomic E-state index is -3.01. The van der Waals surface area contributed by atoms with Gasteiger partial charge in [-0.3, -0.25) is 0 Å². The van der Waals surface area contributed by atoms with E-state index >= 15 is 0 Å². The third-order valence-corrected chi connectivity index (χ3v) is 2.73. The van der Waals surface area contributed by atoms with Crippen LogP contribution in [0.15, 0.2) is 16.6 Å². The van der Waals surface area contributed by atoms with Gasteiger partial charge < -0.3 is 10.5 Å². The fraction of sp³-hybridized carbons (Fsp3) is 0.300. The van der Waals surface area contributed by atoms with Gasteiger partial charge in [-0.05, 0) is 28.9 Å². The maximum Gasteiger partial charge on any atom is 0.405 e. The second-order valence-electron chi connectivity index (χ2n) is 3.24. The van der Waals surface area contributed by atoms with Gasteiger partial charge in [0.1, 0.15) is 11.9 Å². The lowest BCUT2D eigenvalue weighted by atomic mass is 10.0. The molecule has 0 heterocycles. The van der Waals surface area contributed by atoms with Crippen LogP contribution in [0.25, 0.3) is 0 Å². The summed E-state index contributed by atoms with van der Waals surface area (Å²) in [7, 11) is 0. The van der Waals surface area contributed by atoms with E-state index in [0.717, 1.165) is 0 Å². The van der Waals surface area contributed by atoms with Crippen molar-refractivity contribution in [3.05, 3.63) is 33.5 Å². The van der Waals surface area contributed by atoms with E-state index in [0.29, 0.717) is 0 Å². The van der Waals surface area contributed by atoms with Crippen molar-refractivity contribution in [2.45, 2.75) is 19.5 Å². The number of halogens is 4. The number of rotatable bonds is 3. The number of alkyl halides is 2. The molecule has 0 spiro atoms. The fourth-order valence-electron chi connectivity index (χ4n) is 1.40. The van der Waals surface area contributed by atoms with Crippen LogP contribution in [-0.4, -0.2) is 6.09 Å². The number of nitrogens with two attached hydrogens (primary N) is 1. The van der Waals surface area contributed by atoms with Crippen LogP contribution in [0.4, 0.5) is 18.0 Å². The predicted octanol–water partition coefficient (Wildman–Crippen LogP) is 3.68. The van der Waals surface area contributed by atoms with Crippen molar-refractivity contribution in [3.63, 3.8) is 0 Å². The molecule has 0 saturated carbocycles. The van der Waals surface area contributed by atoms with Gasteiger partial charge in [-0.25, -0.2) is 18.0 Å². The standard InChI is InChI=1S/C10H9BrF3NO2/c1-4(17-10(15)16)5-2-3-6(11)8(12)7(5)9(13)14/h2-4,9H,1H3,(H2,15,16)/t4-/m1/s1. The average molecular weight is 312 g/mol. The minimum Gasteiger partial charge on any atom is -0.442 e. The maximum atomic E-state index is 13.5. The molecule has 0 radical (unpaired) electrons. The Morgan fingerprint density at radius 3 is 2.53 bits per heavy atom. The van der Waals surface area contributed by atoms with Crippen LogP contribution in [0.3, 0.4) is 0 Å². The minimum absolute atomic E-state index is 0.0807. The Kier molecular flexibility index (Phi) is 4.39. The van der Waals surface area contributed by atoms with Crippen molar-refractivity contribution >= 4 is 22.0 Å². The van der Waals surface area contributed by atoms with Crippen molar-refractivity contribution < 1.29 is 22.7 Å². The Morgan fingerprint density at radius 2 is 2.06 bits per heavy atom. The number of amides is 1. The van der Waals surface area contributed by atoms with Gasteiger partial charge >= 0.3 is 6.09 Å². The number of carbonyl (C=O) groups excluding carboxylic acids is 1. The van der Waals surface area contributed by atoms with Gasteiger partial charge in [-0.2, -0.15) is 0 Å². The topological polar surface area (TPSA) is 52.3 Å². The highest BCUT2D eigenvalue weighted by Crippen LogP contribution is 2.34. The van der Waals surface area contributed by atoms with Crippen LogP contribution in [-0.2, 0) is 4.74 Å². The largest absolute Gasteiger partial charge is 0.442 e. The zero-order valence-corrected chi connectivity index (χ0v) is 10.3. The van der Waals surface area contributed by atoms with E-state index in [1.54, 1.807) is 0 Å². The van der Waals surface area contributed by atoms with E-state index in [1.165, 1.54) is 19.1 Å². The van der Waals surface area contributed by atoms with Crippen molar-refractivity contribution in [2.24, 2.45) is 5.73 Å². The first-order valence-electron chi connectivity index (χ1n) is 4.56. The van der Waals surface area contributed by atoms with Gasteiger partial charge in [0.15, 0.2) is 0 Å². The zero-order valence-electron chi connectivity index (χ0n) is 8.72. The van der Waals surface area contributed by atoms with Gasteiger partial charge in [0, 0.05) is 5.56 Å². The monoisotopic (exact) mass is 311 g/mol.